The van der Waals surface area contributed by atoms with E-state index in [4.69, 9.17) is 0 Å². The van der Waals surface area contributed by atoms with Crippen LogP contribution in [0.5, 0.6) is 0 Å². The van der Waals surface area contributed by atoms with Gasteiger partial charge >= 0.3 is 0 Å². The average Bonchev–Trinajstić information content (AvgIpc) is 2.53. The molecule has 0 aromatic heterocycles. The van der Waals surface area contributed by atoms with Crippen molar-refractivity contribution in [3.63, 3.8) is 0 Å². The van der Waals surface area contributed by atoms with Crippen LogP contribution in [-0.4, -0.2) is 23.4 Å². The van der Waals surface area contributed by atoms with Gasteiger partial charge < -0.3 is 10.2 Å². The van der Waals surface area contributed by atoms with E-state index in [1.807, 2.05) is 49.1 Å². The number of carbonyl (C=O) groups excluding carboxylic acids is 1. The van der Waals surface area contributed by atoms with Crippen LogP contribution in [-0.2, 0) is 11.3 Å². The summed E-state index contributed by atoms with van der Waals surface area (Å²) in [5, 5.41) is 3.09. The van der Waals surface area contributed by atoms with Crippen molar-refractivity contribution in [2.45, 2.75) is 32.9 Å². The Morgan fingerprint density at radius 3 is 2.52 bits per heavy atom. The van der Waals surface area contributed by atoms with Crippen LogP contribution in [0.2, 0.25) is 0 Å². The van der Waals surface area contributed by atoms with Crippen LogP contribution in [0.15, 0.2) is 54.6 Å². The first kappa shape index (κ1) is 17.0. The molecule has 0 unspecified atom stereocenters. The van der Waals surface area contributed by atoms with Gasteiger partial charge in [-0.3, -0.25) is 4.79 Å². The molecule has 4 heteroatoms. The topological polar surface area (TPSA) is 32.3 Å². The first-order chi connectivity index (χ1) is 11.1. The third kappa shape index (κ3) is 5.40. The lowest BCUT2D eigenvalue weighted by Crippen LogP contribution is -2.37. The number of hydrogen-bond acceptors (Lipinski definition) is 2. The summed E-state index contributed by atoms with van der Waals surface area (Å²) in [6.07, 6.45) is 0.377. The molecule has 3 nitrogen and oxygen atoms in total. The van der Waals surface area contributed by atoms with Crippen molar-refractivity contribution in [1.82, 2.24) is 4.90 Å². The van der Waals surface area contributed by atoms with Crippen LogP contribution in [0.4, 0.5) is 10.1 Å². The van der Waals surface area contributed by atoms with Crippen molar-refractivity contribution < 1.29 is 9.18 Å². The monoisotopic (exact) mass is 314 g/mol. The summed E-state index contributed by atoms with van der Waals surface area (Å²) in [5.41, 5.74) is 1.81. The summed E-state index contributed by atoms with van der Waals surface area (Å²) in [6.45, 7) is 5.12. The minimum Gasteiger partial charge on any atom is -0.384 e. The molecular weight excluding hydrogens is 291 g/mol. The Hall–Kier alpha value is -2.36. The smallest absolute Gasteiger partial charge is 0.224 e. The number of hydrogen-bond donors (Lipinski definition) is 1. The minimum atomic E-state index is -0.283. The Kier molecular flexibility index (Phi) is 6.15. The Morgan fingerprint density at radius 1 is 1.13 bits per heavy atom. The summed E-state index contributed by atoms with van der Waals surface area (Å²) < 4.78 is 13.1. The summed E-state index contributed by atoms with van der Waals surface area (Å²) in [4.78, 5) is 14.3. The van der Waals surface area contributed by atoms with Crippen molar-refractivity contribution >= 4 is 11.6 Å². The second-order valence-electron chi connectivity index (χ2n) is 5.79. The number of rotatable bonds is 7. The summed E-state index contributed by atoms with van der Waals surface area (Å²) in [5.74, 6) is -0.193. The van der Waals surface area contributed by atoms with E-state index in [0.717, 1.165) is 5.56 Å². The van der Waals surface area contributed by atoms with E-state index in [9.17, 15) is 9.18 Å². The maximum absolute atomic E-state index is 13.1. The molecule has 0 fully saturated rings. The molecule has 0 aliphatic heterocycles. The normalized spacial score (nSPS) is 10.6. The molecule has 2 rings (SSSR count). The third-order valence-electron chi connectivity index (χ3n) is 3.63. The number of nitrogens with one attached hydrogen (secondary N) is 1. The standard InChI is InChI=1S/C19H23FN2O/c1-15(2)22(14-16-7-4-3-5-8-16)19(23)11-12-21-18-10-6-9-17(20)13-18/h3-10,13,15,21H,11-12,14H2,1-2H3. The van der Waals surface area contributed by atoms with Crippen LogP contribution in [0.3, 0.4) is 0 Å². The highest BCUT2D eigenvalue weighted by Crippen LogP contribution is 2.12. The Morgan fingerprint density at radius 2 is 1.87 bits per heavy atom. The first-order valence-electron chi connectivity index (χ1n) is 7.89. The van der Waals surface area contributed by atoms with Gasteiger partial charge in [0, 0.05) is 31.2 Å². The van der Waals surface area contributed by atoms with Crippen molar-refractivity contribution in [1.29, 1.82) is 0 Å². The highest BCUT2D eigenvalue weighted by Gasteiger charge is 2.16. The molecule has 1 amide bonds. The molecule has 2 aromatic rings. The molecule has 0 spiro atoms. The lowest BCUT2D eigenvalue weighted by Gasteiger charge is -2.27. The van der Waals surface area contributed by atoms with E-state index in [2.05, 4.69) is 5.32 Å². The van der Waals surface area contributed by atoms with Gasteiger partial charge in [-0.05, 0) is 37.6 Å². The third-order valence-corrected chi connectivity index (χ3v) is 3.63. The first-order valence-corrected chi connectivity index (χ1v) is 7.89. The molecule has 0 bridgehead atoms. The van der Waals surface area contributed by atoms with E-state index >= 15 is 0 Å². The molecule has 0 atom stereocenters. The van der Waals surface area contributed by atoms with Gasteiger partial charge in [-0.15, -0.1) is 0 Å². The number of benzene rings is 2. The highest BCUT2D eigenvalue weighted by atomic mass is 19.1. The van der Waals surface area contributed by atoms with Crippen LogP contribution < -0.4 is 5.32 Å². The summed E-state index contributed by atoms with van der Waals surface area (Å²) in [7, 11) is 0. The molecule has 0 saturated heterocycles. The predicted molar refractivity (Wildman–Crippen MR) is 91.6 cm³/mol. The molecular formula is C19H23FN2O. The van der Waals surface area contributed by atoms with Gasteiger partial charge in [0.05, 0.1) is 0 Å². The molecule has 0 aliphatic carbocycles. The molecule has 0 heterocycles. The lowest BCUT2D eigenvalue weighted by atomic mass is 10.1. The molecule has 0 radical (unpaired) electrons. The van der Waals surface area contributed by atoms with Crippen molar-refractivity contribution in [3.05, 3.63) is 66.0 Å². The summed E-state index contributed by atoms with van der Waals surface area (Å²) >= 11 is 0. The van der Waals surface area contributed by atoms with Crippen LogP contribution in [0.1, 0.15) is 25.8 Å². The quantitative estimate of drug-likeness (QED) is 0.835. The van der Waals surface area contributed by atoms with E-state index in [1.165, 1.54) is 12.1 Å². The van der Waals surface area contributed by atoms with Gasteiger partial charge in [0.1, 0.15) is 5.82 Å². The average molecular weight is 314 g/mol. The van der Waals surface area contributed by atoms with E-state index < -0.39 is 0 Å². The minimum absolute atomic E-state index is 0.0905. The van der Waals surface area contributed by atoms with E-state index in [0.29, 0.717) is 25.2 Å². The fourth-order valence-electron chi connectivity index (χ4n) is 2.39. The molecule has 122 valence electrons. The number of amides is 1. The Balaban J connectivity index is 1.88. The largest absolute Gasteiger partial charge is 0.384 e. The van der Waals surface area contributed by atoms with Gasteiger partial charge in [0.2, 0.25) is 5.91 Å². The number of nitrogens with zero attached hydrogens (tertiary/aromatic N) is 1. The van der Waals surface area contributed by atoms with Crippen molar-refractivity contribution in [2.24, 2.45) is 0 Å². The predicted octanol–water partition coefficient (Wildman–Crippen LogP) is 4.06. The lowest BCUT2D eigenvalue weighted by molar-refractivity contribution is -0.133. The van der Waals surface area contributed by atoms with Crippen molar-refractivity contribution in [2.75, 3.05) is 11.9 Å². The molecule has 1 N–H and O–H groups in total. The van der Waals surface area contributed by atoms with Gasteiger partial charge in [-0.25, -0.2) is 4.39 Å². The van der Waals surface area contributed by atoms with Gasteiger partial charge in [0.15, 0.2) is 0 Å². The van der Waals surface area contributed by atoms with Gasteiger partial charge in [0.25, 0.3) is 0 Å². The Labute approximate surface area is 137 Å². The fraction of sp³-hybridized carbons (Fsp3) is 0.316. The zero-order valence-electron chi connectivity index (χ0n) is 13.6. The second kappa shape index (κ2) is 8.32. The zero-order chi connectivity index (χ0) is 16.7. The van der Waals surface area contributed by atoms with Gasteiger partial charge in [-0.1, -0.05) is 36.4 Å². The molecule has 0 aliphatic rings. The fourth-order valence-corrected chi connectivity index (χ4v) is 2.39. The molecule has 23 heavy (non-hydrogen) atoms. The highest BCUT2D eigenvalue weighted by molar-refractivity contribution is 5.77. The summed E-state index contributed by atoms with van der Waals surface area (Å²) in [6, 6.07) is 16.4. The van der Waals surface area contributed by atoms with E-state index in [-0.39, 0.29) is 17.8 Å². The maximum Gasteiger partial charge on any atom is 0.224 e. The van der Waals surface area contributed by atoms with Crippen molar-refractivity contribution in [3.8, 4) is 0 Å². The number of carbonyl (C=O) groups is 1. The zero-order valence-corrected chi connectivity index (χ0v) is 13.6. The molecule has 2 aromatic carbocycles. The van der Waals surface area contributed by atoms with E-state index in [1.54, 1.807) is 12.1 Å². The molecule has 0 saturated carbocycles. The van der Waals surface area contributed by atoms with Crippen LogP contribution in [0.25, 0.3) is 0 Å². The number of halogens is 1. The Bertz CT molecular complexity index is 628. The number of anilines is 1. The van der Waals surface area contributed by atoms with Crippen LogP contribution in [0, 0.1) is 5.82 Å². The SMILES string of the molecule is CC(C)N(Cc1ccccc1)C(=O)CCNc1cccc(F)c1. The van der Waals surface area contributed by atoms with Crippen LogP contribution >= 0.6 is 0 Å². The van der Waals surface area contributed by atoms with Gasteiger partial charge in [-0.2, -0.15) is 0 Å². The second-order valence-corrected chi connectivity index (χ2v) is 5.79. The maximum atomic E-state index is 13.1.